The lowest BCUT2D eigenvalue weighted by Crippen LogP contribution is -2.45. The van der Waals surface area contributed by atoms with E-state index in [4.69, 9.17) is 5.73 Å². The van der Waals surface area contributed by atoms with Gasteiger partial charge in [0.25, 0.3) is 5.91 Å². The molecule has 1 amide bonds. The van der Waals surface area contributed by atoms with Crippen LogP contribution < -0.4 is 5.73 Å². The molecule has 0 saturated carbocycles. The number of aromatic nitrogens is 2. The van der Waals surface area contributed by atoms with Crippen LogP contribution in [0.3, 0.4) is 0 Å². The van der Waals surface area contributed by atoms with E-state index in [1.54, 1.807) is 10.9 Å². The molecule has 0 aromatic carbocycles. The largest absolute Gasteiger partial charge is 0.396 e. The summed E-state index contributed by atoms with van der Waals surface area (Å²) in [4.78, 5) is 16.8. The second-order valence-electron chi connectivity index (χ2n) is 5.78. The van der Waals surface area contributed by atoms with Crippen molar-refractivity contribution in [3.05, 3.63) is 11.9 Å². The van der Waals surface area contributed by atoms with E-state index in [2.05, 4.69) is 16.9 Å². The maximum Gasteiger partial charge on any atom is 0.276 e. The number of hydrogen-bond acceptors (Lipinski definition) is 4. The number of aryl methyl sites for hydroxylation is 1. The zero-order valence-corrected chi connectivity index (χ0v) is 13.4. The molecule has 0 unspecified atom stereocenters. The molecule has 2 rings (SSSR count). The Morgan fingerprint density at radius 1 is 1.43 bits per heavy atom. The van der Waals surface area contributed by atoms with Crippen LogP contribution in [0.2, 0.25) is 0 Å². The molecule has 0 radical (unpaired) electrons. The van der Waals surface area contributed by atoms with Crippen LogP contribution in [0.25, 0.3) is 0 Å². The molecule has 2 heterocycles. The van der Waals surface area contributed by atoms with E-state index in [1.807, 2.05) is 18.9 Å². The van der Waals surface area contributed by atoms with Crippen molar-refractivity contribution in [3.8, 4) is 0 Å². The van der Waals surface area contributed by atoms with Crippen molar-refractivity contribution in [2.75, 3.05) is 32.4 Å². The lowest BCUT2D eigenvalue weighted by atomic mass is 10.0. The number of amides is 1. The van der Waals surface area contributed by atoms with Crippen LogP contribution in [0.15, 0.2) is 6.20 Å². The highest BCUT2D eigenvalue weighted by Crippen LogP contribution is 2.19. The minimum Gasteiger partial charge on any atom is -0.396 e. The standard InChI is InChI=1S/C15H27N5O/c1-4-8-19-9-6-12(7-10-19)18(3)15(21)14-13(16)11-20(5-2)17-14/h11-12H,4-10,16H2,1-3H3. The van der Waals surface area contributed by atoms with E-state index in [1.165, 1.54) is 6.42 Å². The molecular weight excluding hydrogens is 266 g/mol. The first-order valence-corrected chi connectivity index (χ1v) is 7.89. The molecule has 1 aliphatic rings. The third-order valence-electron chi connectivity index (χ3n) is 4.28. The zero-order valence-electron chi connectivity index (χ0n) is 13.4. The average Bonchev–Trinajstić information content (AvgIpc) is 2.88. The van der Waals surface area contributed by atoms with E-state index < -0.39 is 0 Å². The van der Waals surface area contributed by atoms with Crippen molar-refractivity contribution in [1.82, 2.24) is 19.6 Å². The van der Waals surface area contributed by atoms with Crippen LogP contribution in [0.4, 0.5) is 5.69 Å². The molecule has 6 nitrogen and oxygen atoms in total. The highest BCUT2D eigenvalue weighted by Gasteiger charge is 2.27. The molecular formula is C15H27N5O. The Morgan fingerprint density at radius 3 is 2.62 bits per heavy atom. The van der Waals surface area contributed by atoms with Gasteiger partial charge < -0.3 is 15.5 Å². The molecule has 1 fully saturated rings. The van der Waals surface area contributed by atoms with E-state index >= 15 is 0 Å². The fourth-order valence-corrected chi connectivity index (χ4v) is 2.94. The summed E-state index contributed by atoms with van der Waals surface area (Å²) in [5.41, 5.74) is 6.76. The Morgan fingerprint density at radius 2 is 2.10 bits per heavy atom. The number of hydrogen-bond donors (Lipinski definition) is 1. The molecule has 0 spiro atoms. The van der Waals surface area contributed by atoms with Crippen LogP contribution >= 0.6 is 0 Å². The van der Waals surface area contributed by atoms with Crippen molar-refractivity contribution in [1.29, 1.82) is 0 Å². The van der Waals surface area contributed by atoms with Crippen LogP contribution in [-0.2, 0) is 6.54 Å². The Balaban J connectivity index is 1.98. The second kappa shape index (κ2) is 6.93. The summed E-state index contributed by atoms with van der Waals surface area (Å²) >= 11 is 0. The summed E-state index contributed by atoms with van der Waals surface area (Å²) in [6.07, 6.45) is 4.96. The van der Waals surface area contributed by atoms with Crippen molar-refractivity contribution < 1.29 is 4.79 Å². The number of rotatable bonds is 5. The topological polar surface area (TPSA) is 67.4 Å². The van der Waals surface area contributed by atoms with Gasteiger partial charge in [-0.1, -0.05) is 6.92 Å². The molecule has 0 aliphatic carbocycles. The predicted molar refractivity (Wildman–Crippen MR) is 84.2 cm³/mol. The normalized spacial score (nSPS) is 17.1. The number of nitrogens with zero attached hydrogens (tertiary/aromatic N) is 4. The van der Waals surface area contributed by atoms with Gasteiger partial charge in [-0.05, 0) is 32.7 Å². The molecule has 0 atom stereocenters. The summed E-state index contributed by atoms with van der Waals surface area (Å²) < 4.78 is 1.71. The third-order valence-corrected chi connectivity index (χ3v) is 4.28. The first-order valence-electron chi connectivity index (χ1n) is 7.89. The number of nitrogen functional groups attached to an aromatic ring is 1. The summed E-state index contributed by atoms with van der Waals surface area (Å²) in [5.74, 6) is -0.0614. The van der Waals surface area contributed by atoms with Gasteiger partial charge in [0, 0.05) is 38.9 Å². The third kappa shape index (κ3) is 3.56. The van der Waals surface area contributed by atoms with E-state index in [0.29, 0.717) is 11.4 Å². The summed E-state index contributed by atoms with van der Waals surface area (Å²) in [6, 6.07) is 0.289. The van der Waals surface area contributed by atoms with Gasteiger partial charge in [0.15, 0.2) is 5.69 Å². The summed E-state index contributed by atoms with van der Waals surface area (Å²) in [6.45, 7) is 8.18. The minimum absolute atomic E-state index is 0.0614. The average molecular weight is 293 g/mol. The molecule has 118 valence electrons. The maximum atomic E-state index is 12.6. The fraction of sp³-hybridized carbons (Fsp3) is 0.733. The molecule has 21 heavy (non-hydrogen) atoms. The first-order chi connectivity index (χ1) is 10.1. The molecule has 6 heteroatoms. The number of nitrogens with two attached hydrogens (primary N) is 1. The van der Waals surface area contributed by atoms with Crippen LogP contribution in [-0.4, -0.2) is 58.2 Å². The Labute approximate surface area is 126 Å². The maximum absolute atomic E-state index is 12.6. The van der Waals surface area contributed by atoms with Crippen molar-refractivity contribution in [3.63, 3.8) is 0 Å². The van der Waals surface area contributed by atoms with E-state index in [9.17, 15) is 4.79 Å². The summed E-state index contributed by atoms with van der Waals surface area (Å²) in [5, 5.41) is 4.28. The Hall–Kier alpha value is -1.56. The molecule has 1 aromatic rings. The molecule has 1 aromatic heterocycles. The highest BCUT2D eigenvalue weighted by molar-refractivity contribution is 5.97. The second-order valence-corrected chi connectivity index (χ2v) is 5.78. The molecule has 2 N–H and O–H groups in total. The van der Waals surface area contributed by atoms with Gasteiger partial charge in [-0.25, -0.2) is 0 Å². The van der Waals surface area contributed by atoms with E-state index in [-0.39, 0.29) is 11.9 Å². The molecule has 1 saturated heterocycles. The highest BCUT2D eigenvalue weighted by atomic mass is 16.2. The quantitative estimate of drug-likeness (QED) is 0.892. The van der Waals surface area contributed by atoms with Gasteiger partial charge in [-0.3, -0.25) is 9.48 Å². The number of piperidine rings is 1. The fourth-order valence-electron chi connectivity index (χ4n) is 2.94. The van der Waals surface area contributed by atoms with Crippen LogP contribution in [0, 0.1) is 0 Å². The van der Waals surface area contributed by atoms with Crippen molar-refractivity contribution in [2.45, 2.75) is 45.7 Å². The van der Waals surface area contributed by atoms with Crippen LogP contribution in [0.1, 0.15) is 43.6 Å². The minimum atomic E-state index is -0.0614. The van der Waals surface area contributed by atoms with E-state index in [0.717, 1.165) is 39.0 Å². The Kier molecular flexibility index (Phi) is 5.22. The number of likely N-dealkylation sites (tertiary alicyclic amines) is 1. The van der Waals surface area contributed by atoms with Gasteiger partial charge in [-0.2, -0.15) is 5.10 Å². The number of carbonyl (C=O) groups excluding carboxylic acids is 1. The first kappa shape index (κ1) is 15.8. The van der Waals surface area contributed by atoms with Gasteiger partial charge in [0.1, 0.15) is 0 Å². The molecule has 0 bridgehead atoms. The van der Waals surface area contributed by atoms with Crippen molar-refractivity contribution >= 4 is 11.6 Å². The summed E-state index contributed by atoms with van der Waals surface area (Å²) in [7, 11) is 1.87. The number of carbonyl (C=O) groups is 1. The number of anilines is 1. The van der Waals surface area contributed by atoms with Gasteiger partial charge in [-0.15, -0.1) is 0 Å². The smallest absolute Gasteiger partial charge is 0.276 e. The monoisotopic (exact) mass is 293 g/mol. The van der Waals surface area contributed by atoms with Gasteiger partial charge in [0.2, 0.25) is 0 Å². The van der Waals surface area contributed by atoms with Crippen molar-refractivity contribution in [2.24, 2.45) is 0 Å². The lowest BCUT2D eigenvalue weighted by molar-refractivity contribution is 0.0637. The lowest BCUT2D eigenvalue weighted by Gasteiger charge is -2.36. The zero-order chi connectivity index (χ0) is 15.4. The van der Waals surface area contributed by atoms with Gasteiger partial charge >= 0.3 is 0 Å². The molecule has 1 aliphatic heterocycles. The predicted octanol–water partition coefficient (Wildman–Crippen LogP) is 1.43. The Bertz CT molecular complexity index is 476. The van der Waals surface area contributed by atoms with Gasteiger partial charge in [0.05, 0.1) is 5.69 Å². The SMILES string of the molecule is CCCN1CCC(N(C)C(=O)c2nn(CC)cc2N)CC1. The van der Waals surface area contributed by atoms with Crippen LogP contribution in [0.5, 0.6) is 0 Å².